The van der Waals surface area contributed by atoms with Gasteiger partial charge in [-0.1, -0.05) is 29.8 Å². The predicted molar refractivity (Wildman–Crippen MR) is 101 cm³/mol. The normalized spacial score (nSPS) is 10.2. The number of nitrogens with zero attached hydrogens (tertiary/aromatic N) is 1. The lowest BCUT2D eigenvalue weighted by Gasteiger charge is -2.17. The number of likely N-dealkylation sites (N-methyl/N-ethyl adjacent to an activating group) is 1. The lowest BCUT2D eigenvalue weighted by Crippen LogP contribution is -2.37. The molecule has 5 nitrogen and oxygen atoms in total. The Bertz CT molecular complexity index is 732. The van der Waals surface area contributed by atoms with E-state index in [0.29, 0.717) is 5.75 Å². The van der Waals surface area contributed by atoms with Crippen LogP contribution in [0.4, 0.5) is 5.69 Å². The summed E-state index contributed by atoms with van der Waals surface area (Å²) in [6.07, 6.45) is 1.95. The Kier molecular flexibility index (Phi) is 6.89. The van der Waals surface area contributed by atoms with Gasteiger partial charge >= 0.3 is 0 Å². The second-order valence-corrected chi connectivity index (χ2v) is 6.45. The first-order valence-corrected chi connectivity index (χ1v) is 9.08. The van der Waals surface area contributed by atoms with Gasteiger partial charge in [0.2, 0.25) is 5.91 Å². The summed E-state index contributed by atoms with van der Waals surface area (Å²) in [4.78, 5) is 26.6. The summed E-state index contributed by atoms with van der Waals surface area (Å²) >= 11 is 1.55. The molecule has 0 radical (unpaired) electrons. The van der Waals surface area contributed by atoms with Crippen molar-refractivity contribution in [3.8, 4) is 5.75 Å². The maximum absolute atomic E-state index is 12.2. The molecule has 0 saturated carbocycles. The summed E-state index contributed by atoms with van der Waals surface area (Å²) < 4.78 is 5.45. The maximum atomic E-state index is 12.2. The molecule has 0 fully saturated rings. The van der Waals surface area contributed by atoms with Crippen LogP contribution < -0.4 is 10.1 Å². The molecule has 2 aromatic rings. The fraction of sp³-hybridized carbons (Fsp3) is 0.263. The highest BCUT2D eigenvalue weighted by atomic mass is 32.2. The molecule has 25 heavy (non-hydrogen) atoms. The number of benzene rings is 2. The second-order valence-electron chi connectivity index (χ2n) is 5.60. The Balaban J connectivity index is 1.83. The van der Waals surface area contributed by atoms with Crippen LogP contribution in [0, 0.1) is 6.92 Å². The zero-order valence-electron chi connectivity index (χ0n) is 14.6. The van der Waals surface area contributed by atoms with E-state index in [1.807, 2.05) is 61.7 Å². The number of carbonyl (C=O) groups excluding carboxylic acids is 2. The summed E-state index contributed by atoms with van der Waals surface area (Å²) in [5.74, 6) is 0.132. The molecule has 0 aliphatic rings. The van der Waals surface area contributed by atoms with Gasteiger partial charge in [0, 0.05) is 11.9 Å². The van der Waals surface area contributed by atoms with Gasteiger partial charge in [-0.15, -0.1) is 11.8 Å². The van der Waals surface area contributed by atoms with Crippen LogP contribution in [0.15, 0.2) is 53.4 Å². The van der Waals surface area contributed by atoms with Crippen molar-refractivity contribution in [2.75, 3.05) is 31.8 Å². The molecule has 2 amide bonds. The molecule has 0 spiro atoms. The fourth-order valence-corrected chi connectivity index (χ4v) is 2.68. The highest BCUT2D eigenvalue weighted by Crippen LogP contribution is 2.24. The second kappa shape index (κ2) is 9.13. The molecule has 132 valence electrons. The van der Waals surface area contributed by atoms with Gasteiger partial charge in [0.25, 0.3) is 5.91 Å². The summed E-state index contributed by atoms with van der Waals surface area (Å²) in [7, 11) is 1.58. The largest absolute Gasteiger partial charge is 0.484 e. The summed E-state index contributed by atoms with van der Waals surface area (Å²) in [5, 5.41) is 2.83. The number of carbonyl (C=O) groups is 2. The first-order chi connectivity index (χ1) is 12.0. The Hall–Kier alpha value is -2.47. The van der Waals surface area contributed by atoms with E-state index < -0.39 is 0 Å². The standard InChI is InChI=1S/C19H22N2O3S/c1-14-8-10-15(11-9-14)24-13-19(23)21(2)12-18(22)20-16-6-4-5-7-17(16)25-3/h4-11H,12-13H2,1-3H3,(H,20,22). The third-order valence-electron chi connectivity index (χ3n) is 3.57. The first-order valence-electron chi connectivity index (χ1n) is 7.86. The van der Waals surface area contributed by atoms with E-state index in [9.17, 15) is 9.59 Å². The number of anilines is 1. The van der Waals surface area contributed by atoms with Crippen molar-refractivity contribution in [3.63, 3.8) is 0 Å². The third kappa shape index (κ3) is 5.83. The molecular weight excluding hydrogens is 336 g/mol. The quantitative estimate of drug-likeness (QED) is 0.772. The van der Waals surface area contributed by atoms with Crippen LogP contribution in [-0.2, 0) is 9.59 Å². The third-order valence-corrected chi connectivity index (χ3v) is 4.37. The van der Waals surface area contributed by atoms with Crippen LogP contribution in [0.5, 0.6) is 5.75 Å². The van der Waals surface area contributed by atoms with Gasteiger partial charge in [-0.2, -0.15) is 0 Å². The lowest BCUT2D eigenvalue weighted by atomic mass is 10.2. The van der Waals surface area contributed by atoms with Gasteiger partial charge < -0.3 is 15.0 Å². The van der Waals surface area contributed by atoms with Crippen LogP contribution in [-0.4, -0.2) is 43.2 Å². The van der Waals surface area contributed by atoms with Gasteiger partial charge in [-0.05, 0) is 37.4 Å². The van der Waals surface area contributed by atoms with E-state index in [0.717, 1.165) is 16.1 Å². The van der Waals surface area contributed by atoms with Crippen molar-refractivity contribution in [3.05, 3.63) is 54.1 Å². The van der Waals surface area contributed by atoms with Gasteiger partial charge in [0.15, 0.2) is 6.61 Å². The van der Waals surface area contributed by atoms with Crippen molar-refractivity contribution in [2.24, 2.45) is 0 Å². The highest BCUT2D eigenvalue weighted by Gasteiger charge is 2.14. The van der Waals surface area contributed by atoms with Crippen molar-refractivity contribution >= 4 is 29.3 Å². The fourth-order valence-electron chi connectivity index (χ4n) is 2.13. The maximum Gasteiger partial charge on any atom is 0.260 e. The molecule has 0 saturated heterocycles. The number of nitrogens with one attached hydrogen (secondary N) is 1. The lowest BCUT2D eigenvalue weighted by molar-refractivity contribution is -0.135. The zero-order valence-corrected chi connectivity index (χ0v) is 15.4. The van der Waals surface area contributed by atoms with Gasteiger partial charge in [-0.3, -0.25) is 9.59 Å². The molecule has 0 aliphatic heterocycles. The minimum Gasteiger partial charge on any atom is -0.484 e. The van der Waals surface area contributed by atoms with Crippen LogP contribution in [0.3, 0.4) is 0 Å². The van der Waals surface area contributed by atoms with Crippen LogP contribution in [0.25, 0.3) is 0 Å². The number of aryl methyl sites for hydroxylation is 1. The average Bonchev–Trinajstić information content (AvgIpc) is 2.61. The van der Waals surface area contributed by atoms with Crippen molar-refractivity contribution in [1.29, 1.82) is 0 Å². The number of amides is 2. The van der Waals surface area contributed by atoms with Crippen molar-refractivity contribution in [2.45, 2.75) is 11.8 Å². The smallest absolute Gasteiger partial charge is 0.260 e. The van der Waals surface area contributed by atoms with Gasteiger partial charge in [0.1, 0.15) is 5.75 Å². The predicted octanol–water partition coefficient (Wildman–Crippen LogP) is 3.19. The number of thioether (sulfide) groups is 1. The average molecular weight is 358 g/mol. The number of hydrogen-bond acceptors (Lipinski definition) is 4. The molecule has 2 aromatic carbocycles. The zero-order chi connectivity index (χ0) is 18.2. The summed E-state index contributed by atoms with van der Waals surface area (Å²) in [5.41, 5.74) is 1.87. The first kappa shape index (κ1) is 18.9. The Morgan fingerprint density at radius 3 is 2.48 bits per heavy atom. The van der Waals surface area contributed by atoms with E-state index in [-0.39, 0.29) is 25.0 Å². The minimum atomic E-state index is -0.256. The van der Waals surface area contributed by atoms with Crippen LogP contribution in [0.2, 0.25) is 0 Å². The molecule has 0 bridgehead atoms. The summed E-state index contributed by atoms with van der Waals surface area (Å²) in [6, 6.07) is 15.0. The molecular formula is C19H22N2O3S. The highest BCUT2D eigenvalue weighted by molar-refractivity contribution is 7.98. The Labute approximate surface area is 152 Å². The van der Waals surface area contributed by atoms with E-state index in [4.69, 9.17) is 4.74 Å². The number of rotatable bonds is 7. The molecule has 0 atom stereocenters. The molecule has 0 heterocycles. The number of hydrogen-bond donors (Lipinski definition) is 1. The molecule has 0 aliphatic carbocycles. The summed E-state index contributed by atoms with van der Waals surface area (Å²) in [6.45, 7) is 1.85. The SMILES string of the molecule is CSc1ccccc1NC(=O)CN(C)C(=O)COc1ccc(C)cc1. The topological polar surface area (TPSA) is 58.6 Å². The van der Waals surface area contributed by atoms with Crippen molar-refractivity contribution < 1.29 is 14.3 Å². The van der Waals surface area contributed by atoms with Gasteiger partial charge in [-0.25, -0.2) is 0 Å². The van der Waals surface area contributed by atoms with Crippen molar-refractivity contribution in [1.82, 2.24) is 4.90 Å². The minimum absolute atomic E-state index is 0.0290. The number of para-hydroxylation sites is 1. The van der Waals surface area contributed by atoms with E-state index >= 15 is 0 Å². The number of ether oxygens (including phenoxy) is 1. The molecule has 0 aromatic heterocycles. The van der Waals surface area contributed by atoms with E-state index in [2.05, 4.69) is 5.32 Å². The van der Waals surface area contributed by atoms with E-state index in [1.54, 1.807) is 18.8 Å². The molecule has 6 heteroatoms. The van der Waals surface area contributed by atoms with Crippen LogP contribution in [0.1, 0.15) is 5.56 Å². The molecule has 1 N–H and O–H groups in total. The Morgan fingerprint density at radius 2 is 1.80 bits per heavy atom. The molecule has 0 unspecified atom stereocenters. The monoisotopic (exact) mass is 358 g/mol. The molecule has 2 rings (SSSR count). The van der Waals surface area contributed by atoms with Crippen LogP contribution >= 0.6 is 11.8 Å². The Morgan fingerprint density at radius 1 is 1.12 bits per heavy atom. The van der Waals surface area contributed by atoms with Gasteiger partial charge in [0.05, 0.1) is 12.2 Å². The van der Waals surface area contributed by atoms with E-state index in [1.165, 1.54) is 4.90 Å².